The summed E-state index contributed by atoms with van der Waals surface area (Å²) in [7, 11) is 4.23. The van der Waals surface area contributed by atoms with Crippen LogP contribution in [0.1, 0.15) is 55.3 Å². The molecule has 172 valence electrons. The van der Waals surface area contributed by atoms with Crippen molar-refractivity contribution >= 4 is 34.2 Å². The number of aromatic nitrogens is 1. The number of hydrogen-bond donors (Lipinski definition) is 2. The van der Waals surface area contributed by atoms with Crippen molar-refractivity contribution in [3.8, 4) is 0 Å². The van der Waals surface area contributed by atoms with Gasteiger partial charge in [-0.1, -0.05) is 11.6 Å². The predicted molar refractivity (Wildman–Crippen MR) is 128 cm³/mol. The van der Waals surface area contributed by atoms with Gasteiger partial charge in [0.25, 0.3) is 5.91 Å². The Labute approximate surface area is 194 Å². The van der Waals surface area contributed by atoms with E-state index in [1.165, 1.54) is 19.3 Å². The molecule has 1 spiro atoms. The molecule has 3 aliphatic rings. The van der Waals surface area contributed by atoms with Crippen LogP contribution in [0.5, 0.6) is 0 Å². The van der Waals surface area contributed by atoms with Crippen LogP contribution in [0.3, 0.4) is 0 Å². The Hall–Kier alpha value is -1.89. The molecule has 1 aliphatic heterocycles. The van der Waals surface area contributed by atoms with E-state index in [0.717, 1.165) is 55.5 Å². The van der Waals surface area contributed by atoms with Gasteiger partial charge in [0.05, 0.1) is 21.7 Å². The summed E-state index contributed by atoms with van der Waals surface area (Å²) in [6.07, 6.45) is 7.30. The lowest BCUT2D eigenvalue weighted by molar-refractivity contribution is -0.0199. The fraction of sp³-hybridized carbons (Fsp3) is 0.600. The van der Waals surface area contributed by atoms with E-state index in [-0.39, 0.29) is 12.5 Å². The summed E-state index contributed by atoms with van der Waals surface area (Å²) in [6, 6.07) is 8.09. The van der Waals surface area contributed by atoms with Crippen molar-refractivity contribution in [1.29, 1.82) is 0 Å². The van der Waals surface area contributed by atoms with E-state index < -0.39 is 5.60 Å². The molecule has 1 aromatic carbocycles. The summed E-state index contributed by atoms with van der Waals surface area (Å²) >= 11 is 6.46. The van der Waals surface area contributed by atoms with Gasteiger partial charge >= 0.3 is 0 Å². The average molecular weight is 457 g/mol. The smallest absolute Gasteiger partial charge is 0.253 e. The number of nitrogens with zero attached hydrogens (tertiary/aromatic N) is 3. The van der Waals surface area contributed by atoms with Crippen LogP contribution >= 0.6 is 11.6 Å². The van der Waals surface area contributed by atoms with Crippen molar-refractivity contribution in [2.45, 2.75) is 56.6 Å². The minimum absolute atomic E-state index is 0.243. The number of anilines is 1. The van der Waals surface area contributed by atoms with Gasteiger partial charge in [-0.3, -0.25) is 4.79 Å². The standard InChI is InChI=1S/C25H33ClN4O2/c1-29(2)17-8-13-30(14-17)21-7-4-18-20(28-21)6-5-19(26)22(18)23(31)27-16-25(32)10-3-9-24(15-25)11-12-24/h4-7,17,32H,3,8-16H2,1-2H3,(H,27,31)/t17-,25?/m1/s1. The largest absolute Gasteiger partial charge is 0.388 e. The van der Waals surface area contributed by atoms with Crippen LogP contribution in [0.15, 0.2) is 24.3 Å². The van der Waals surface area contributed by atoms with E-state index in [9.17, 15) is 9.90 Å². The van der Waals surface area contributed by atoms with Crippen LogP contribution in [-0.4, -0.2) is 66.3 Å². The Bertz CT molecular complexity index is 1040. The molecule has 7 heteroatoms. The van der Waals surface area contributed by atoms with E-state index in [2.05, 4.69) is 29.2 Å². The number of benzene rings is 1. The number of nitrogens with one attached hydrogen (secondary N) is 1. The molecule has 2 heterocycles. The Morgan fingerprint density at radius 2 is 2.06 bits per heavy atom. The second kappa shape index (κ2) is 8.15. The normalized spacial score (nSPS) is 26.8. The molecule has 1 amide bonds. The number of aliphatic hydroxyl groups is 1. The van der Waals surface area contributed by atoms with E-state index in [0.29, 0.717) is 22.0 Å². The Kier molecular flexibility index (Phi) is 5.59. The molecule has 32 heavy (non-hydrogen) atoms. The molecule has 1 unspecified atom stereocenters. The predicted octanol–water partition coefficient (Wildman–Crippen LogP) is 3.84. The molecule has 1 saturated heterocycles. The first-order valence-corrected chi connectivity index (χ1v) is 12.2. The molecule has 3 fully saturated rings. The van der Waals surface area contributed by atoms with Crippen molar-refractivity contribution in [2.75, 3.05) is 38.6 Å². The highest BCUT2D eigenvalue weighted by molar-refractivity contribution is 6.35. The van der Waals surface area contributed by atoms with Gasteiger partial charge in [-0.15, -0.1) is 0 Å². The van der Waals surface area contributed by atoms with Gasteiger partial charge in [0.15, 0.2) is 0 Å². The van der Waals surface area contributed by atoms with Gasteiger partial charge < -0.3 is 20.2 Å². The summed E-state index contributed by atoms with van der Waals surface area (Å²) in [5.41, 5.74) is 0.720. The minimum Gasteiger partial charge on any atom is -0.388 e. The van der Waals surface area contributed by atoms with Crippen LogP contribution in [0.25, 0.3) is 10.9 Å². The highest BCUT2D eigenvalue weighted by Crippen LogP contribution is 2.58. The van der Waals surface area contributed by atoms with Crippen molar-refractivity contribution in [3.05, 3.63) is 34.9 Å². The minimum atomic E-state index is -0.814. The number of hydrogen-bond acceptors (Lipinski definition) is 5. The maximum Gasteiger partial charge on any atom is 0.253 e. The lowest BCUT2D eigenvalue weighted by Crippen LogP contribution is -2.46. The molecular formula is C25H33ClN4O2. The second-order valence-corrected chi connectivity index (χ2v) is 10.9. The van der Waals surface area contributed by atoms with Crippen molar-refractivity contribution in [2.24, 2.45) is 5.41 Å². The molecule has 2 atom stereocenters. The van der Waals surface area contributed by atoms with Gasteiger partial charge in [0.1, 0.15) is 5.82 Å². The fourth-order valence-corrected chi connectivity index (χ4v) is 5.95. The molecule has 5 rings (SSSR count). The Balaban J connectivity index is 1.34. The van der Waals surface area contributed by atoms with Crippen LogP contribution in [-0.2, 0) is 0 Å². The first-order chi connectivity index (χ1) is 15.3. The SMILES string of the molecule is CN(C)[C@@H]1CCN(c2ccc3c(C(=O)NCC4(O)CCCC5(CC5)C4)c(Cl)ccc3n2)C1. The molecule has 2 aliphatic carbocycles. The number of likely N-dealkylation sites (N-methyl/N-ethyl adjacent to an activating group) is 1. The fourth-order valence-electron chi connectivity index (χ4n) is 5.70. The maximum atomic E-state index is 13.2. The molecule has 2 N–H and O–H groups in total. The van der Waals surface area contributed by atoms with Gasteiger partial charge in [0.2, 0.25) is 0 Å². The lowest BCUT2D eigenvalue weighted by atomic mass is 9.76. The molecule has 1 aromatic heterocycles. The number of pyridine rings is 1. The van der Waals surface area contributed by atoms with Crippen molar-refractivity contribution in [3.63, 3.8) is 0 Å². The number of amides is 1. The zero-order valence-electron chi connectivity index (χ0n) is 19.0. The molecule has 2 aromatic rings. The third-order valence-corrected chi connectivity index (χ3v) is 8.15. The van der Waals surface area contributed by atoms with Gasteiger partial charge in [-0.25, -0.2) is 4.98 Å². The topological polar surface area (TPSA) is 68.7 Å². The summed E-state index contributed by atoms with van der Waals surface area (Å²) in [4.78, 5) is 22.6. The van der Waals surface area contributed by atoms with Crippen LogP contribution in [0.4, 0.5) is 5.82 Å². The quantitative estimate of drug-likeness (QED) is 0.715. The third kappa shape index (κ3) is 4.20. The highest BCUT2D eigenvalue weighted by atomic mass is 35.5. The average Bonchev–Trinajstić information content (AvgIpc) is 3.30. The van der Waals surface area contributed by atoms with Gasteiger partial charge in [-0.2, -0.15) is 0 Å². The molecule has 2 saturated carbocycles. The Morgan fingerprint density at radius 1 is 1.25 bits per heavy atom. The molecule has 0 bridgehead atoms. The summed E-state index contributed by atoms with van der Waals surface area (Å²) in [6.45, 7) is 2.19. The van der Waals surface area contributed by atoms with E-state index in [1.54, 1.807) is 6.07 Å². The zero-order chi connectivity index (χ0) is 22.5. The molecule has 0 radical (unpaired) electrons. The number of halogens is 1. The maximum absolute atomic E-state index is 13.2. The van der Waals surface area contributed by atoms with Crippen LogP contribution < -0.4 is 10.2 Å². The summed E-state index contributed by atoms with van der Waals surface area (Å²) in [5.74, 6) is 0.689. The lowest BCUT2D eigenvalue weighted by Gasteiger charge is -2.37. The van der Waals surface area contributed by atoms with Gasteiger partial charge in [-0.05, 0) is 88.7 Å². The number of carbonyl (C=O) groups is 1. The highest BCUT2D eigenvalue weighted by Gasteiger charge is 2.50. The first kappa shape index (κ1) is 21.9. The third-order valence-electron chi connectivity index (χ3n) is 7.84. The number of fused-ring (bicyclic) bond motifs is 1. The Morgan fingerprint density at radius 3 is 2.78 bits per heavy atom. The van der Waals surface area contributed by atoms with E-state index >= 15 is 0 Å². The molecule has 6 nitrogen and oxygen atoms in total. The van der Waals surface area contributed by atoms with Crippen molar-refractivity contribution in [1.82, 2.24) is 15.2 Å². The molecular weight excluding hydrogens is 424 g/mol. The van der Waals surface area contributed by atoms with Gasteiger partial charge in [0, 0.05) is 31.1 Å². The van der Waals surface area contributed by atoms with Crippen molar-refractivity contribution < 1.29 is 9.90 Å². The van der Waals surface area contributed by atoms with E-state index in [4.69, 9.17) is 16.6 Å². The summed E-state index contributed by atoms with van der Waals surface area (Å²) in [5, 5.41) is 15.2. The first-order valence-electron chi connectivity index (χ1n) is 11.8. The monoisotopic (exact) mass is 456 g/mol. The summed E-state index contributed by atoms with van der Waals surface area (Å²) < 4.78 is 0. The van der Waals surface area contributed by atoms with E-state index in [1.807, 2.05) is 18.2 Å². The van der Waals surface area contributed by atoms with Crippen LogP contribution in [0.2, 0.25) is 5.02 Å². The number of carbonyl (C=O) groups excluding carboxylic acids is 1. The number of rotatable bonds is 5. The van der Waals surface area contributed by atoms with Crippen LogP contribution in [0, 0.1) is 5.41 Å². The second-order valence-electron chi connectivity index (χ2n) is 10.4. The zero-order valence-corrected chi connectivity index (χ0v) is 19.8.